The van der Waals surface area contributed by atoms with E-state index in [0.29, 0.717) is 0 Å². The fourth-order valence-electron chi connectivity index (χ4n) is 2.87. The molecule has 0 aliphatic carbocycles. The van der Waals surface area contributed by atoms with Gasteiger partial charge in [0.25, 0.3) is 0 Å². The van der Waals surface area contributed by atoms with Crippen LogP contribution in [-0.2, 0) is 0 Å². The molecule has 0 fully saturated rings. The minimum Gasteiger partial charge on any atom is -0.467 e. The summed E-state index contributed by atoms with van der Waals surface area (Å²) in [6.45, 7) is 4.24. The van der Waals surface area contributed by atoms with Gasteiger partial charge in [0.15, 0.2) is 0 Å². The van der Waals surface area contributed by atoms with Crippen LogP contribution in [0.2, 0.25) is 0 Å². The largest absolute Gasteiger partial charge is 0.467 e. The van der Waals surface area contributed by atoms with Gasteiger partial charge in [-0.1, -0.05) is 36.4 Å². The molecule has 2 heteroatoms. The zero-order valence-corrected chi connectivity index (χ0v) is 12.1. The summed E-state index contributed by atoms with van der Waals surface area (Å²) in [5.41, 5.74) is 3.75. The van der Waals surface area contributed by atoms with E-state index in [-0.39, 0.29) is 6.04 Å². The van der Waals surface area contributed by atoms with Crippen molar-refractivity contribution in [2.45, 2.75) is 19.9 Å². The van der Waals surface area contributed by atoms with Crippen molar-refractivity contribution in [1.82, 2.24) is 5.32 Å². The molecule has 2 nitrogen and oxygen atoms in total. The third-order valence-corrected chi connectivity index (χ3v) is 3.93. The summed E-state index contributed by atoms with van der Waals surface area (Å²) < 4.78 is 5.71. The molecule has 0 saturated heterocycles. The highest BCUT2D eigenvalue weighted by Crippen LogP contribution is 2.33. The Labute approximate surface area is 119 Å². The maximum absolute atomic E-state index is 5.71. The van der Waals surface area contributed by atoms with Crippen LogP contribution in [0.4, 0.5) is 0 Å². The van der Waals surface area contributed by atoms with Gasteiger partial charge in [-0.3, -0.25) is 0 Å². The first-order valence-electron chi connectivity index (χ1n) is 6.92. The molecule has 1 unspecified atom stereocenters. The summed E-state index contributed by atoms with van der Waals surface area (Å²) >= 11 is 0. The average Bonchev–Trinajstić information content (AvgIpc) is 2.88. The molecule has 1 atom stereocenters. The molecule has 2 aromatic carbocycles. The summed E-state index contributed by atoms with van der Waals surface area (Å²) in [5.74, 6) is 0.993. The summed E-state index contributed by atoms with van der Waals surface area (Å²) in [4.78, 5) is 0. The quantitative estimate of drug-likeness (QED) is 0.761. The van der Waals surface area contributed by atoms with Gasteiger partial charge in [0, 0.05) is 0 Å². The van der Waals surface area contributed by atoms with Gasteiger partial charge in [-0.25, -0.2) is 0 Å². The highest BCUT2D eigenvalue weighted by atomic mass is 16.3. The van der Waals surface area contributed by atoms with E-state index in [9.17, 15) is 0 Å². The topological polar surface area (TPSA) is 25.2 Å². The zero-order valence-electron chi connectivity index (χ0n) is 12.1. The molecule has 1 aromatic heterocycles. The van der Waals surface area contributed by atoms with Gasteiger partial charge in [0.2, 0.25) is 0 Å². The van der Waals surface area contributed by atoms with Crippen LogP contribution in [-0.4, -0.2) is 7.05 Å². The maximum atomic E-state index is 5.71. The van der Waals surface area contributed by atoms with E-state index in [1.165, 1.54) is 27.5 Å². The van der Waals surface area contributed by atoms with E-state index < -0.39 is 0 Å². The van der Waals surface area contributed by atoms with Crippen molar-refractivity contribution in [2.24, 2.45) is 0 Å². The molecule has 0 radical (unpaired) electrons. The minimum absolute atomic E-state index is 0.0797. The summed E-state index contributed by atoms with van der Waals surface area (Å²) in [7, 11) is 1.98. The second-order valence-corrected chi connectivity index (χ2v) is 5.21. The predicted octanol–water partition coefficient (Wildman–Crippen LogP) is 4.36. The van der Waals surface area contributed by atoms with Crippen LogP contribution in [0, 0.1) is 13.8 Å². The molecular weight excluding hydrogens is 246 g/mol. The van der Waals surface area contributed by atoms with Gasteiger partial charge in [-0.2, -0.15) is 0 Å². The first kappa shape index (κ1) is 12.9. The van der Waals surface area contributed by atoms with Crippen molar-refractivity contribution >= 4 is 10.8 Å². The lowest BCUT2D eigenvalue weighted by Gasteiger charge is -2.20. The van der Waals surface area contributed by atoms with Gasteiger partial charge in [-0.05, 0) is 54.4 Å². The number of hydrogen-bond donors (Lipinski definition) is 1. The minimum atomic E-state index is 0.0797. The molecule has 0 aliphatic heterocycles. The molecular formula is C18H19NO. The second kappa shape index (κ2) is 5.14. The molecule has 0 amide bonds. The van der Waals surface area contributed by atoms with Crippen molar-refractivity contribution in [3.05, 3.63) is 71.2 Å². The Morgan fingerprint density at radius 2 is 1.75 bits per heavy atom. The van der Waals surface area contributed by atoms with E-state index in [1.54, 1.807) is 6.26 Å². The number of rotatable bonds is 3. The van der Waals surface area contributed by atoms with Crippen LogP contribution in [0.15, 0.2) is 53.1 Å². The fraction of sp³-hybridized carbons (Fsp3) is 0.222. The molecule has 1 N–H and O–H groups in total. The number of hydrogen-bond acceptors (Lipinski definition) is 2. The monoisotopic (exact) mass is 265 g/mol. The number of aryl methyl sites for hydroxylation is 2. The van der Waals surface area contributed by atoms with Crippen LogP contribution < -0.4 is 5.32 Å². The molecule has 0 saturated carbocycles. The average molecular weight is 265 g/mol. The maximum Gasteiger partial charge on any atom is 0.128 e. The third kappa shape index (κ3) is 2.02. The van der Waals surface area contributed by atoms with Crippen molar-refractivity contribution in [2.75, 3.05) is 7.05 Å². The van der Waals surface area contributed by atoms with Crippen molar-refractivity contribution < 1.29 is 4.42 Å². The highest BCUT2D eigenvalue weighted by molar-refractivity contribution is 5.87. The summed E-state index contributed by atoms with van der Waals surface area (Å²) in [6, 6.07) is 15.0. The number of nitrogens with one attached hydrogen (secondary N) is 1. The Balaban J connectivity index is 2.27. The molecule has 1 heterocycles. The lowest BCUT2D eigenvalue weighted by Crippen LogP contribution is -2.19. The van der Waals surface area contributed by atoms with Crippen LogP contribution in [0.3, 0.4) is 0 Å². The number of fused-ring (bicyclic) bond motifs is 1. The van der Waals surface area contributed by atoms with E-state index in [1.807, 2.05) is 13.1 Å². The molecule has 0 bridgehead atoms. The van der Waals surface area contributed by atoms with Crippen LogP contribution in [0.25, 0.3) is 10.8 Å². The van der Waals surface area contributed by atoms with E-state index in [0.717, 1.165) is 5.76 Å². The Hall–Kier alpha value is -2.06. The molecule has 102 valence electrons. The van der Waals surface area contributed by atoms with E-state index in [4.69, 9.17) is 4.42 Å². The summed E-state index contributed by atoms with van der Waals surface area (Å²) in [6.07, 6.45) is 1.76. The second-order valence-electron chi connectivity index (χ2n) is 5.21. The molecule has 20 heavy (non-hydrogen) atoms. The van der Waals surface area contributed by atoms with Gasteiger partial charge in [0.05, 0.1) is 12.3 Å². The lowest BCUT2D eigenvalue weighted by molar-refractivity contribution is 0.461. The highest BCUT2D eigenvalue weighted by Gasteiger charge is 2.21. The Kier molecular flexibility index (Phi) is 3.33. The van der Waals surface area contributed by atoms with Crippen LogP contribution in [0.5, 0.6) is 0 Å². The summed E-state index contributed by atoms with van der Waals surface area (Å²) in [5, 5.41) is 5.94. The predicted molar refractivity (Wildman–Crippen MR) is 83.0 cm³/mol. The normalized spacial score (nSPS) is 12.8. The van der Waals surface area contributed by atoms with Crippen molar-refractivity contribution in [1.29, 1.82) is 0 Å². The molecule has 0 aliphatic rings. The van der Waals surface area contributed by atoms with Crippen molar-refractivity contribution in [3.8, 4) is 0 Å². The van der Waals surface area contributed by atoms with Crippen LogP contribution in [0.1, 0.15) is 28.5 Å². The molecule has 0 spiro atoms. The fourth-order valence-corrected chi connectivity index (χ4v) is 2.87. The number of furan rings is 1. The SMILES string of the molecule is CNC(c1occc1C)c1c(C)ccc2ccccc12. The Morgan fingerprint density at radius 1 is 0.950 bits per heavy atom. The van der Waals surface area contributed by atoms with Gasteiger partial charge in [0.1, 0.15) is 5.76 Å². The van der Waals surface area contributed by atoms with E-state index >= 15 is 0 Å². The Bertz CT molecular complexity index is 742. The van der Waals surface area contributed by atoms with Gasteiger partial charge < -0.3 is 9.73 Å². The lowest BCUT2D eigenvalue weighted by atomic mass is 9.92. The first-order valence-corrected chi connectivity index (χ1v) is 6.92. The van der Waals surface area contributed by atoms with Crippen molar-refractivity contribution in [3.63, 3.8) is 0 Å². The molecule has 3 rings (SSSR count). The third-order valence-electron chi connectivity index (χ3n) is 3.93. The molecule has 3 aromatic rings. The van der Waals surface area contributed by atoms with Crippen LogP contribution >= 0.6 is 0 Å². The zero-order chi connectivity index (χ0) is 14.1. The smallest absolute Gasteiger partial charge is 0.128 e. The van der Waals surface area contributed by atoms with Gasteiger partial charge >= 0.3 is 0 Å². The van der Waals surface area contributed by atoms with E-state index in [2.05, 4.69) is 55.6 Å². The Morgan fingerprint density at radius 3 is 2.45 bits per heavy atom. The standard InChI is InChI=1S/C18H19NO/c1-12-8-9-14-6-4-5-7-15(14)16(12)17(19-3)18-13(2)10-11-20-18/h4-11,17,19H,1-3H3. The first-order chi connectivity index (χ1) is 9.72. The number of benzene rings is 2. The van der Waals surface area contributed by atoms with Gasteiger partial charge in [-0.15, -0.1) is 0 Å².